The van der Waals surface area contributed by atoms with E-state index in [4.69, 9.17) is 11.6 Å². The highest BCUT2D eigenvalue weighted by Crippen LogP contribution is 2.17. The molecule has 0 bridgehead atoms. The number of amides is 2. The molecule has 0 saturated carbocycles. The van der Waals surface area contributed by atoms with E-state index in [-0.39, 0.29) is 5.91 Å². The Kier molecular flexibility index (Phi) is 5.74. The lowest BCUT2D eigenvalue weighted by molar-refractivity contribution is -0.121. The summed E-state index contributed by atoms with van der Waals surface area (Å²) in [6.45, 7) is 1.70. The molecule has 0 aliphatic rings. The third-order valence-electron chi connectivity index (χ3n) is 2.58. The molecule has 2 rings (SSSR count). The smallest absolute Gasteiger partial charge is 0.269 e. The largest absolute Gasteiger partial charge is 0.272 e. The number of rotatable bonds is 4. The Balaban J connectivity index is 1.85. The number of hydrogen-bond donors (Lipinski definition) is 2. The zero-order valence-corrected chi connectivity index (χ0v) is 13.2. The van der Waals surface area contributed by atoms with E-state index in [0.29, 0.717) is 15.7 Å². The van der Waals surface area contributed by atoms with Crippen molar-refractivity contribution in [3.05, 3.63) is 53.3 Å². The van der Waals surface area contributed by atoms with Gasteiger partial charge in [0, 0.05) is 23.0 Å². The fourth-order valence-electron chi connectivity index (χ4n) is 1.48. The van der Waals surface area contributed by atoms with Crippen molar-refractivity contribution in [2.75, 3.05) is 0 Å². The number of nitrogens with zero attached hydrogens (tertiary/aromatic N) is 2. The zero-order valence-electron chi connectivity index (χ0n) is 11.6. The Morgan fingerprint density at radius 1 is 1.18 bits per heavy atom. The van der Waals surface area contributed by atoms with Gasteiger partial charge in [-0.25, -0.2) is 9.97 Å². The summed E-state index contributed by atoms with van der Waals surface area (Å²) in [6, 6.07) is 8.13. The molecular weight excluding hydrogens is 324 g/mol. The molecule has 6 nitrogen and oxygen atoms in total. The van der Waals surface area contributed by atoms with Gasteiger partial charge >= 0.3 is 0 Å². The molecule has 114 valence electrons. The van der Waals surface area contributed by atoms with Gasteiger partial charge in [-0.05, 0) is 31.2 Å². The third-order valence-corrected chi connectivity index (χ3v) is 3.80. The van der Waals surface area contributed by atoms with Crippen molar-refractivity contribution in [3.8, 4) is 0 Å². The second-order valence-electron chi connectivity index (χ2n) is 4.25. The van der Waals surface area contributed by atoms with E-state index >= 15 is 0 Å². The number of aromatic nitrogens is 2. The quantitative estimate of drug-likeness (QED) is 0.507. The minimum absolute atomic E-state index is 0.354. The van der Waals surface area contributed by atoms with Gasteiger partial charge in [-0.3, -0.25) is 20.4 Å². The predicted molar refractivity (Wildman–Crippen MR) is 84.4 cm³/mol. The molecule has 2 N–H and O–H groups in total. The highest BCUT2D eigenvalue weighted by molar-refractivity contribution is 8.00. The van der Waals surface area contributed by atoms with Crippen molar-refractivity contribution in [2.45, 2.75) is 17.3 Å². The van der Waals surface area contributed by atoms with Crippen molar-refractivity contribution < 1.29 is 9.59 Å². The SMILES string of the molecule is C[C@@H](Sc1ncccn1)C(=O)NNC(=O)c1cccc(Cl)c1. The number of benzene rings is 1. The fourth-order valence-corrected chi connectivity index (χ4v) is 2.40. The summed E-state index contributed by atoms with van der Waals surface area (Å²) < 4.78 is 0. The van der Waals surface area contributed by atoms with Crippen molar-refractivity contribution in [1.82, 2.24) is 20.8 Å². The summed E-state index contributed by atoms with van der Waals surface area (Å²) in [4.78, 5) is 31.8. The first-order valence-electron chi connectivity index (χ1n) is 6.35. The van der Waals surface area contributed by atoms with E-state index in [1.165, 1.54) is 17.8 Å². The van der Waals surface area contributed by atoms with Crippen molar-refractivity contribution >= 4 is 35.2 Å². The van der Waals surface area contributed by atoms with Gasteiger partial charge in [0.05, 0.1) is 5.25 Å². The van der Waals surface area contributed by atoms with Crippen LogP contribution in [-0.2, 0) is 4.79 Å². The highest BCUT2D eigenvalue weighted by atomic mass is 35.5. The highest BCUT2D eigenvalue weighted by Gasteiger charge is 2.16. The first-order chi connectivity index (χ1) is 10.6. The number of carbonyl (C=O) groups excluding carboxylic acids is 2. The molecule has 22 heavy (non-hydrogen) atoms. The van der Waals surface area contributed by atoms with Crippen LogP contribution in [0.5, 0.6) is 0 Å². The minimum atomic E-state index is -0.456. The van der Waals surface area contributed by atoms with Crippen LogP contribution in [0, 0.1) is 0 Å². The molecule has 2 aromatic rings. The van der Waals surface area contributed by atoms with Crippen LogP contribution in [0.3, 0.4) is 0 Å². The van der Waals surface area contributed by atoms with Crippen molar-refractivity contribution in [2.24, 2.45) is 0 Å². The van der Waals surface area contributed by atoms with Gasteiger partial charge in [0.25, 0.3) is 11.8 Å². The maximum Gasteiger partial charge on any atom is 0.269 e. The molecule has 0 saturated heterocycles. The van der Waals surface area contributed by atoms with Gasteiger partial charge in [0.2, 0.25) is 0 Å². The summed E-state index contributed by atoms with van der Waals surface area (Å²) >= 11 is 7.00. The average Bonchev–Trinajstić information content (AvgIpc) is 2.53. The lowest BCUT2D eigenvalue weighted by Crippen LogP contribution is -2.44. The summed E-state index contributed by atoms with van der Waals surface area (Å²) in [5, 5.41) is 0.484. The van der Waals surface area contributed by atoms with Crippen LogP contribution in [0.25, 0.3) is 0 Å². The van der Waals surface area contributed by atoms with Crippen molar-refractivity contribution in [1.29, 1.82) is 0 Å². The molecule has 0 radical (unpaired) electrons. The molecule has 1 aromatic carbocycles. The van der Waals surface area contributed by atoms with Gasteiger partial charge < -0.3 is 0 Å². The van der Waals surface area contributed by atoms with Crippen LogP contribution in [-0.4, -0.2) is 27.0 Å². The summed E-state index contributed by atoms with van der Waals surface area (Å²) in [6.07, 6.45) is 3.20. The van der Waals surface area contributed by atoms with E-state index in [2.05, 4.69) is 20.8 Å². The van der Waals surface area contributed by atoms with E-state index in [0.717, 1.165) is 0 Å². The fraction of sp³-hybridized carbons (Fsp3) is 0.143. The number of nitrogens with one attached hydrogen (secondary N) is 2. The minimum Gasteiger partial charge on any atom is -0.272 e. The Morgan fingerprint density at radius 2 is 1.91 bits per heavy atom. The number of thioether (sulfide) groups is 1. The molecule has 1 heterocycles. The number of halogens is 1. The maximum absolute atomic E-state index is 11.9. The van der Waals surface area contributed by atoms with Crippen LogP contribution >= 0.6 is 23.4 Å². The Bertz CT molecular complexity index is 669. The van der Waals surface area contributed by atoms with Gasteiger partial charge in [-0.15, -0.1) is 0 Å². The molecule has 0 aliphatic carbocycles. The number of hydrazine groups is 1. The van der Waals surface area contributed by atoms with Crippen molar-refractivity contribution in [3.63, 3.8) is 0 Å². The molecule has 1 aromatic heterocycles. The molecule has 0 aliphatic heterocycles. The molecule has 8 heteroatoms. The second-order valence-corrected chi connectivity index (χ2v) is 5.99. The van der Waals surface area contributed by atoms with Gasteiger partial charge in [-0.2, -0.15) is 0 Å². The van der Waals surface area contributed by atoms with Gasteiger partial charge in [-0.1, -0.05) is 29.4 Å². The average molecular weight is 337 g/mol. The molecule has 0 unspecified atom stereocenters. The van der Waals surface area contributed by atoms with Crippen LogP contribution < -0.4 is 10.9 Å². The van der Waals surface area contributed by atoms with E-state index in [1.807, 2.05) is 0 Å². The summed E-state index contributed by atoms with van der Waals surface area (Å²) in [5.74, 6) is -0.795. The Morgan fingerprint density at radius 3 is 2.59 bits per heavy atom. The van der Waals surface area contributed by atoms with Crippen LogP contribution in [0.4, 0.5) is 0 Å². The zero-order chi connectivity index (χ0) is 15.9. The first kappa shape index (κ1) is 16.3. The number of carbonyl (C=O) groups is 2. The first-order valence-corrected chi connectivity index (χ1v) is 7.61. The van der Waals surface area contributed by atoms with Gasteiger partial charge in [0.1, 0.15) is 0 Å². The van der Waals surface area contributed by atoms with Crippen LogP contribution in [0.15, 0.2) is 47.9 Å². The topological polar surface area (TPSA) is 84.0 Å². The molecule has 0 fully saturated rings. The Labute approximate surface area is 136 Å². The molecular formula is C14H13ClN4O2S. The number of hydrogen-bond acceptors (Lipinski definition) is 5. The van der Waals surface area contributed by atoms with E-state index in [9.17, 15) is 9.59 Å². The Hall–Kier alpha value is -2.12. The monoisotopic (exact) mass is 336 g/mol. The second kappa shape index (κ2) is 7.77. The molecule has 1 atom stereocenters. The molecule has 0 spiro atoms. The maximum atomic E-state index is 11.9. The summed E-state index contributed by atoms with van der Waals surface area (Å²) in [7, 11) is 0. The van der Waals surface area contributed by atoms with Gasteiger partial charge in [0.15, 0.2) is 5.16 Å². The summed E-state index contributed by atoms with van der Waals surface area (Å²) in [5.41, 5.74) is 5.06. The molecule has 2 amide bonds. The standard InChI is InChI=1S/C14H13ClN4O2S/c1-9(22-14-16-6-3-7-17-14)12(20)18-19-13(21)10-4-2-5-11(15)8-10/h2-9H,1H3,(H,18,20)(H,19,21)/t9-/m1/s1. The van der Waals surface area contributed by atoms with Crippen LogP contribution in [0.2, 0.25) is 5.02 Å². The van der Waals surface area contributed by atoms with Crippen LogP contribution in [0.1, 0.15) is 17.3 Å². The predicted octanol–water partition coefficient (Wildman–Crippen LogP) is 2.07. The van der Waals surface area contributed by atoms with E-state index < -0.39 is 11.2 Å². The normalized spacial score (nSPS) is 11.5. The third kappa shape index (κ3) is 4.71. The lowest BCUT2D eigenvalue weighted by Gasteiger charge is -2.11. The van der Waals surface area contributed by atoms with E-state index in [1.54, 1.807) is 43.6 Å². The lowest BCUT2D eigenvalue weighted by atomic mass is 10.2.